The highest BCUT2D eigenvalue weighted by molar-refractivity contribution is 5.73. The molecule has 8 nitrogen and oxygen atoms in total. The first-order valence-corrected chi connectivity index (χ1v) is 12.1. The molecule has 2 rings (SSSR count). The van der Waals surface area contributed by atoms with E-state index in [4.69, 9.17) is 4.74 Å². The summed E-state index contributed by atoms with van der Waals surface area (Å²) in [5, 5.41) is 41.0. The normalized spacial score (nSPS) is 15.6. The third kappa shape index (κ3) is 7.10. The molecule has 0 fully saturated rings. The largest absolute Gasteiger partial charge is 0.475 e. The molecule has 3 atom stereocenters. The molecule has 0 heterocycles. The number of quaternary nitrogens is 1. The van der Waals surface area contributed by atoms with Gasteiger partial charge in [0, 0.05) is 5.56 Å². The number of aliphatic hydroxyl groups excluding tert-OH is 2. The summed E-state index contributed by atoms with van der Waals surface area (Å²) in [6, 6.07) is 11.8. The molecule has 0 aliphatic rings. The van der Waals surface area contributed by atoms with Gasteiger partial charge in [0.25, 0.3) is 12.5 Å². The third-order valence-corrected chi connectivity index (χ3v) is 6.64. The molecule has 198 valence electrons. The van der Waals surface area contributed by atoms with Crippen LogP contribution in [0.15, 0.2) is 42.5 Å². The number of rotatable bonds is 15. The molecule has 9 heteroatoms. The molecule has 2 aromatic carbocycles. The standard InChI is InChI=1S/C27H36FNO7/c1-4-5-8-14-29(24(30)26(32)33,25(31)27(34)35)15-21(23-18(2)10-9-11-19(23)3)17-36-16-20-12-6-7-13-22(20)28/h6-7,9-13,21,24-25,30-31H,4-5,8,14-17H2,1-3H3,(H-,32,33,34,35)/p+1. The lowest BCUT2D eigenvalue weighted by Gasteiger charge is -2.44. The molecule has 36 heavy (non-hydrogen) atoms. The van der Waals surface area contributed by atoms with Crippen LogP contribution in [-0.2, 0) is 20.9 Å². The predicted molar refractivity (Wildman–Crippen MR) is 132 cm³/mol. The summed E-state index contributed by atoms with van der Waals surface area (Å²) in [7, 11) is 0. The van der Waals surface area contributed by atoms with Crippen molar-refractivity contribution in [1.82, 2.24) is 0 Å². The number of aliphatic hydroxyl groups is 2. The van der Waals surface area contributed by atoms with E-state index in [1.165, 1.54) is 6.07 Å². The Morgan fingerprint density at radius 3 is 2.06 bits per heavy atom. The number of hydrogen-bond donors (Lipinski definition) is 4. The van der Waals surface area contributed by atoms with E-state index in [9.17, 15) is 34.4 Å². The number of aryl methyl sites for hydroxylation is 2. The van der Waals surface area contributed by atoms with Crippen LogP contribution in [-0.4, -0.2) is 69.0 Å². The fourth-order valence-corrected chi connectivity index (χ4v) is 4.80. The molecule has 0 saturated carbocycles. The van der Waals surface area contributed by atoms with Crippen LogP contribution >= 0.6 is 0 Å². The lowest BCUT2D eigenvalue weighted by Crippen LogP contribution is -2.68. The summed E-state index contributed by atoms with van der Waals surface area (Å²) in [6.07, 6.45) is -2.51. The van der Waals surface area contributed by atoms with Crippen molar-refractivity contribution in [2.24, 2.45) is 0 Å². The maximum absolute atomic E-state index is 14.1. The van der Waals surface area contributed by atoms with Crippen molar-refractivity contribution >= 4 is 11.9 Å². The van der Waals surface area contributed by atoms with E-state index in [1.54, 1.807) is 18.2 Å². The smallest absolute Gasteiger partial charge is 0.392 e. The summed E-state index contributed by atoms with van der Waals surface area (Å²) in [5.41, 5.74) is 2.89. The quantitative estimate of drug-likeness (QED) is 0.165. The molecular weight excluding hydrogens is 469 g/mol. The number of ether oxygens (including phenoxy) is 1. The zero-order valence-corrected chi connectivity index (χ0v) is 21.1. The summed E-state index contributed by atoms with van der Waals surface area (Å²) in [5.74, 6) is -4.27. The van der Waals surface area contributed by atoms with Gasteiger partial charge in [0.2, 0.25) is 0 Å². The van der Waals surface area contributed by atoms with Gasteiger partial charge >= 0.3 is 11.9 Å². The van der Waals surface area contributed by atoms with Gasteiger partial charge in [-0.25, -0.2) is 14.0 Å². The SMILES string of the molecule is CCCCC[N+](CC(COCc1ccccc1F)c1c(C)cccc1C)(C(O)C(=O)O)C(O)C(=O)O. The first kappa shape index (κ1) is 29.4. The van der Waals surface area contributed by atoms with Gasteiger partial charge in [-0.3, -0.25) is 4.48 Å². The maximum Gasteiger partial charge on any atom is 0.392 e. The highest BCUT2D eigenvalue weighted by Crippen LogP contribution is 2.31. The number of unbranched alkanes of at least 4 members (excludes halogenated alkanes) is 2. The monoisotopic (exact) mass is 506 g/mol. The molecule has 4 N–H and O–H groups in total. The molecule has 0 amide bonds. The minimum Gasteiger partial charge on any atom is -0.475 e. The van der Waals surface area contributed by atoms with Crippen molar-refractivity contribution in [3.63, 3.8) is 0 Å². The number of halogens is 1. The van der Waals surface area contributed by atoms with Crippen LogP contribution in [0.4, 0.5) is 4.39 Å². The zero-order chi connectivity index (χ0) is 26.9. The highest BCUT2D eigenvalue weighted by Gasteiger charge is 2.51. The molecule has 0 aromatic heterocycles. The van der Waals surface area contributed by atoms with Gasteiger partial charge in [-0.1, -0.05) is 49.7 Å². The van der Waals surface area contributed by atoms with Crippen LogP contribution in [0.1, 0.15) is 54.4 Å². The predicted octanol–water partition coefficient (Wildman–Crippen LogP) is 3.56. The van der Waals surface area contributed by atoms with Crippen molar-refractivity contribution in [1.29, 1.82) is 0 Å². The van der Waals surface area contributed by atoms with E-state index in [2.05, 4.69) is 0 Å². The van der Waals surface area contributed by atoms with Gasteiger partial charge < -0.3 is 25.2 Å². The van der Waals surface area contributed by atoms with E-state index >= 15 is 0 Å². The molecule has 0 saturated heterocycles. The van der Waals surface area contributed by atoms with Gasteiger partial charge in [0.05, 0.1) is 32.2 Å². The van der Waals surface area contributed by atoms with Gasteiger partial charge in [0.1, 0.15) is 5.82 Å². The van der Waals surface area contributed by atoms with Gasteiger partial charge in [-0.2, -0.15) is 0 Å². The molecule has 2 aromatic rings. The molecule has 0 spiro atoms. The first-order chi connectivity index (χ1) is 17.0. The molecule has 0 radical (unpaired) electrons. The van der Waals surface area contributed by atoms with E-state index in [1.807, 2.05) is 39.0 Å². The number of benzene rings is 2. The van der Waals surface area contributed by atoms with Crippen LogP contribution < -0.4 is 0 Å². The van der Waals surface area contributed by atoms with E-state index in [-0.39, 0.29) is 26.3 Å². The number of carboxylic acids is 2. The van der Waals surface area contributed by atoms with Crippen LogP contribution in [0.25, 0.3) is 0 Å². The van der Waals surface area contributed by atoms with E-state index in [0.29, 0.717) is 18.4 Å². The minimum atomic E-state index is -2.17. The second kappa shape index (κ2) is 13.5. The minimum absolute atomic E-state index is 0.00746. The molecule has 0 aliphatic heterocycles. The molecule has 0 bridgehead atoms. The average molecular weight is 507 g/mol. The lowest BCUT2D eigenvalue weighted by atomic mass is 9.89. The van der Waals surface area contributed by atoms with Crippen LogP contribution in [0, 0.1) is 19.7 Å². The number of hydrogen-bond acceptors (Lipinski definition) is 5. The van der Waals surface area contributed by atoms with Crippen molar-refractivity contribution < 1.29 is 43.6 Å². The van der Waals surface area contributed by atoms with Gasteiger partial charge in [-0.05, 0) is 49.4 Å². The average Bonchev–Trinajstić information content (AvgIpc) is 2.83. The Labute approximate surface area is 211 Å². The molecule has 0 aliphatic carbocycles. The highest BCUT2D eigenvalue weighted by atomic mass is 19.1. The summed E-state index contributed by atoms with van der Waals surface area (Å²) < 4.78 is 19.0. The summed E-state index contributed by atoms with van der Waals surface area (Å²) in [6.45, 7) is 5.35. The number of nitrogens with zero attached hydrogens (tertiary/aromatic N) is 1. The van der Waals surface area contributed by atoms with Crippen molar-refractivity contribution in [2.75, 3.05) is 19.7 Å². The van der Waals surface area contributed by atoms with Crippen molar-refractivity contribution in [3.8, 4) is 0 Å². The fraction of sp³-hybridized carbons (Fsp3) is 0.481. The second-order valence-electron chi connectivity index (χ2n) is 9.25. The molecular formula is C27H37FNO7+. The number of carboxylic acid groups (broad SMARTS) is 2. The Morgan fingerprint density at radius 1 is 0.944 bits per heavy atom. The Morgan fingerprint density at radius 2 is 1.53 bits per heavy atom. The lowest BCUT2D eigenvalue weighted by molar-refractivity contribution is -0.995. The topological polar surface area (TPSA) is 124 Å². The second-order valence-corrected chi connectivity index (χ2v) is 9.25. The molecule has 3 unspecified atom stereocenters. The first-order valence-electron chi connectivity index (χ1n) is 12.1. The Hall–Kier alpha value is -2.85. The van der Waals surface area contributed by atoms with Crippen LogP contribution in [0.3, 0.4) is 0 Å². The van der Waals surface area contributed by atoms with Crippen LogP contribution in [0.2, 0.25) is 0 Å². The Bertz CT molecular complexity index is 989. The van der Waals surface area contributed by atoms with Crippen LogP contribution in [0.5, 0.6) is 0 Å². The number of carbonyl (C=O) groups is 2. The number of aliphatic carboxylic acids is 2. The Balaban J connectivity index is 2.52. The van der Waals surface area contributed by atoms with Crippen molar-refractivity contribution in [3.05, 3.63) is 70.5 Å². The van der Waals surface area contributed by atoms with E-state index in [0.717, 1.165) is 23.1 Å². The van der Waals surface area contributed by atoms with Gasteiger partial charge in [0.15, 0.2) is 0 Å². The third-order valence-electron chi connectivity index (χ3n) is 6.64. The summed E-state index contributed by atoms with van der Waals surface area (Å²) in [4.78, 5) is 23.9. The van der Waals surface area contributed by atoms with Crippen molar-refractivity contribution in [2.45, 2.75) is 65.0 Å². The zero-order valence-electron chi connectivity index (χ0n) is 21.1. The van der Waals surface area contributed by atoms with E-state index < -0.39 is 40.6 Å². The van der Waals surface area contributed by atoms with Gasteiger partial charge in [-0.15, -0.1) is 0 Å². The Kier molecular flexibility index (Phi) is 11.0. The maximum atomic E-state index is 14.1. The summed E-state index contributed by atoms with van der Waals surface area (Å²) >= 11 is 0. The fourth-order valence-electron chi connectivity index (χ4n) is 4.80.